The van der Waals surface area contributed by atoms with Gasteiger partial charge in [0.25, 0.3) is 0 Å². The zero-order valence-electron chi connectivity index (χ0n) is 12.0. The number of carbonyl (C=O) groups is 1. The predicted molar refractivity (Wildman–Crippen MR) is 75.1 cm³/mol. The van der Waals surface area contributed by atoms with Crippen molar-refractivity contribution in [2.24, 2.45) is 11.3 Å². The lowest BCUT2D eigenvalue weighted by atomic mass is 9.83. The zero-order chi connectivity index (χ0) is 13.1. The molecule has 0 aromatic rings. The lowest BCUT2D eigenvalue weighted by Gasteiger charge is -2.39. The molecule has 1 saturated carbocycles. The van der Waals surface area contributed by atoms with Crippen molar-refractivity contribution >= 4 is 6.29 Å². The van der Waals surface area contributed by atoms with E-state index >= 15 is 0 Å². The van der Waals surface area contributed by atoms with Gasteiger partial charge < -0.3 is 9.53 Å². The van der Waals surface area contributed by atoms with Crippen LogP contribution in [0.2, 0.25) is 0 Å². The van der Waals surface area contributed by atoms with Crippen LogP contribution in [0.1, 0.15) is 51.4 Å². The molecule has 3 fully saturated rings. The van der Waals surface area contributed by atoms with E-state index in [4.69, 9.17) is 4.74 Å². The van der Waals surface area contributed by atoms with Gasteiger partial charge in [-0.1, -0.05) is 12.8 Å². The Morgan fingerprint density at radius 2 is 2.00 bits per heavy atom. The van der Waals surface area contributed by atoms with Crippen molar-refractivity contribution in [2.75, 3.05) is 26.3 Å². The van der Waals surface area contributed by atoms with Gasteiger partial charge in [-0.15, -0.1) is 0 Å². The average Bonchev–Trinajstić information content (AvgIpc) is 3.10. The van der Waals surface area contributed by atoms with E-state index in [1.807, 2.05) is 0 Å². The van der Waals surface area contributed by atoms with Crippen molar-refractivity contribution in [2.45, 2.75) is 57.4 Å². The summed E-state index contributed by atoms with van der Waals surface area (Å²) in [5.41, 5.74) is -0.209. The van der Waals surface area contributed by atoms with E-state index in [-0.39, 0.29) is 5.41 Å². The summed E-state index contributed by atoms with van der Waals surface area (Å²) in [4.78, 5) is 14.2. The van der Waals surface area contributed by atoms with Crippen molar-refractivity contribution in [3.8, 4) is 0 Å². The number of hydrogen-bond acceptors (Lipinski definition) is 3. The molecule has 3 aliphatic rings. The number of nitrogens with zero attached hydrogens (tertiary/aromatic N) is 1. The van der Waals surface area contributed by atoms with Crippen LogP contribution in [-0.4, -0.2) is 43.5 Å². The van der Waals surface area contributed by atoms with E-state index in [1.54, 1.807) is 0 Å². The van der Waals surface area contributed by atoms with Gasteiger partial charge in [-0.25, -0.2) is 0 Å². The van der Waals surface area contributed by atoms with Gasteiger partial charge in [-0.3, -0.25) is 4.90 Å². The Morgan fingerprint density at radius 3 is 2.68 bits per heavy atom. The van der Waals surface area contributed by atoms with Crippen molar-refractivity contribution in [1.29, 1.82) is 0 Å². The molecular weight excluding hydrogens is 238 g/mol. The maximum Gasteiger partial charge on any atom is 0.129 e. The third-order valence-corrected chi connectivity index (χ3v) is 5.48. The monoisotopic (exact) mass is 265 g/mol. The van der Waals surface area contributed by atoms with Gasteiger partial charge in [0.1, 0.15) is 6.29 Å². The fourth-order valence-electron chi connectivity index (χ4n) is 4.46. The highest BCUT2D eigenvalue weighted by Crippen LogP contribution is 2.38. The Morgan fingerprint density at radius 1 is 1.16 bits per heavy atom. The second-order valence-corrected chi connectivity index (χ2v) is 6.86. The molecular formula is C16H27NO2. The second-order valence-electron chi connectivity index (χ2n) is 6.86. The van der Waals surface area contributed by atoms with Crippen LogP contribution in [0.15, 0.2) is 0 Å². The summed E-state index contributed by atoms with van der Waals surface area (Å²) < 4.78 is 5.59. The summed E-state index contributed by atoms with van der Waals surface area (Å²) in [7, 11) is 0. The lowest BCUT2D eigenvalue weighted by Crippen LogP contribution is -2.47. The quantitative estimate of drug-likeness (QED) is 0.732. The molecule has 108 valence electrons. The maximum absolute atomic E-state index is 11.6. The highest BCUT2D eigenvalue weighted by Gasteiger charge is 2.40. The molecule has 19 heavy (non-hydrogen) atoms. The summed E-state index contributed by atoms with van der Waals surface area (Å²) in [6.07, 6.45) is 11.6. The molecule has 2 saturated heterocycles. The van der Waals surface area contributed by atoms with Gasteiger partial charge in [0, 0.05) is 19.2 Å². The minimum atomic E-state index is -0.209. The van der Waals surface area contributed by atoms with Crippen LogP contribution in [-0.2, 0) is 9.53 Å². The molecule has 0 radical (unpaired) electrons. The van der Waals surface area contributed by atoms with Crippen molar-refractivity contribution < 1.29 is 9.53 Å². The van der Waals surface area contributed by atoms with Crippen LogP contribution in [0.25, 0.3) is 0 Å². The van der Waals surface area contributed by atoms with Gasteiger partial charge in [-0.05, 0) is 51.0 Å². The number of hydrogen-bond donors (Lipinski definition) is 0. The van der Waals surface area contributed by atoms with E-state index in [2.05, 4.69) is 4.90 Å². The number of ether oxygens (including phenoxy) is 1. The van der Waals surface area contributed by atoms with Crippen molar-refractivity contribution in [1.82, 2.24) is 4.90 Å². The third-order valence-electron chi connectivity index (χ3n) is 5.48. The molecule has 2 unspecified atom stereocenters. The summed E-state index contributed by atoms with van der Waals surface area (Å²) >= 11 is 0. The molecule has 3 heteroatoms. The number of aldehydes is 1. The first-order valence-electron chi connectivity index (χ1n) is 8.11. The number of carbonyl (C=O) groups excluding carboxylic acids is 1. The largest absolute Gasteiger partial charge is 0.380 e. The number of likely N-dealkylation sites (tertiary alicyclic amines) is 1. The highest BCUT2D eigenvalue weighted by atomic mass is 16.5. The molecule has 2 heterocycles. The zero-order valence-corrected chi connectivity index (χ0v) is 12.0. The van der Waals surface area contributed by atoms with E-state index in [0.717, 1.165) is 38.0 Å². The number of rotatable bonds is 4. The normalized spacial score (nSPS) is 37.8. The molecule has 0 N–H and O–H groups in total. The molecule has 0 spiro atoms. The first kappa shape index (κ1) is 13.6. The standard InChI is InChI=1S/C16H27NO2/c18-12-16(8-4-10-19-13-16)11-17-9-3-7-15(17)14-5-1-2-6-14/h12,14-15H,1-11,13H2. The summed E-state index contributed by atoms with van der Waals surface area (Å²) in [6, 6.07) is 0.751. The Bertz CT molecular complexity index is 306. The lowest BCUT2D eigenvalue weighted by molar-refractivity contribution is -0.126. The second kappa shape index (κ2) is 5.92. The van der Waals surface area contributed by atoms with Crippen LogP contribution in [0.5, 0.6) is 0 Å². The Balaban J connectivity index is 1.64. The Kier molecular flexibility index (Phi) is 4.23. The van der Waals surface area contributed by atoms with Gasteiger partial charge in [0.15, 0.2) is 0 Å². The van der Waals surface area contributed by atoms with E-state index < -0.39 is 0 Å². The first-order chi connectivity index (χ1) is 9.33. The van der Waals surface area contributed by atoms with Gasteiger partial charge in [0.2, 0.25) is 0 Å². The minimum Gasteiger partial charge on any atom is -0.380 e. The Hall–Kier alpha value is -0.410. The van der Waals surface area contributed by atoms with Crippen LogP contribution >= 0.6 is 0 Å². The third kappa shape index (κ3) is 2.87. The minimum absolute atomic E-state index is 0.209. The summed E-state index contributed by atoms with van der Waals surface area (Å²) in [6.45, 7) is 3.61. The Labute approximate surface area is 116 Å². The molecule has 0 aromatic carbocycles. The van der Waals surface area contributed by atoms with Crippen LogP contribution < -0.4 is 0 Å². The fourth-order valence-corrected chi connectivity index (χ4v) is 4.46. The van der Waals surface area contributed by atoms with E-state index in [9.17, 15) is 4.79 Å². The smallest absolute Gasteiger partial charge is 0.129 e. The average molecular weight is 265 g/mol. The molecule has 0 bridgehead atoms. The summed E-state index contributed by atoms with van der Waals surface area (Å²) in [5, 5.41) is 0. The predicted octanol–water partition coefficient (Wildman–Crippen LogP) is 2.64. The van der Waals surface area contributed by atoms with Gasteiger partial charge >= 0.3 is 0 Å². The van der Waals surface area contributed by atoms with E-state index in [0.29, 0.717) is 6.61 Å². The molecule has 2 atom stereocenters. The molecule has 3 rings (SSSR count). The fraction of sp³-hybridized carbons (Fsp3) is 0.938. The molecule has 2 aliphatic heterocycles. The molecule has 1 aliphatic carbocycles. The van der Waals surface area contributed by atoms with Crippen LogP contribution in [0.3, 0.4) is 0 Å². The SMILES string of the molecule is O=CC1(CN2CCCC2C2CCCC2)CCCOC1. The molecule has 0 aromatic heterocycles. The van der Waals surface area contributed by atoms with Crippen LogP contribution in [0.4, 0.5) is 0 Å². The molecule has 3 nitrogen and oxygen atoms in total. The van der Waals surface area contributed by atoms with Crippen molar-refractivity contribution in [3.05, 3.63) is 0 Å². The van der Waals surface area contributed by atoms with E-state index in [1.165, 1.54) is 51.4 Å². The summed E-state index contributed by atoms with van der Waals surface area (Å²) in [5.74, 6) is 0.899. The van der Waals surface area contributed by atoms with Crippen LogP contribution in [0, 0.1) is 11.3 Å². The van der Waals surface area contributed by atoms with Crippen molar-refractivity contribution in [3.63, 3.8) is 0 Å². The topological polar surface area (TPSA) is 29.5 Å². The first-order valence-corrected chi connectivity index (χ1v) is 8.11. The maximum atomic E-state index is 11.6. The molecule has 0 amide bonds. The van der Waals surface area contributed by atoms with Gasteiger partial charge in [0.05, 0.1) is 12.0 Å². The van der Waals surface area contributed by atoms with Gasteiger partial charge in [-0.2, -0.15) is 0 Å². The highest BCUT2D eigenvalue weighted by molar-refractivity contribution is 5.60.